The van der Waals surface area contributed by atoms with Gasteiger partial charge in [-0.25, -0.2) is 4.68 Å². The molecule has 0 fully saturated rings. The van der Waals surface area contributed by atoms with Gasteiger partial charge in [-0.2, -0.15) is 0 Å². The summed E-state index contributed by atoms with van der Waals surface area (Å²) in [6.07, 6.45) is 1.96. The van der Waals surface area contributed by atoms with Crippen molar-refractivity contribution in [3.8, 4) is 0 Å². The number of aromatic nitrogens is 4. The highest BCUT2D eigenvalue weighted by atomic mass is 16.4. The van der Waals surface area contributed by atoms with Gasteiger partial charge in [0.15, 0.2) is 5.82 Å². The summed E-state index contributed by atoms with van der Waals surface area (Å²) in [5.74, 6) is -0.163. The zero-order valence-corrected chi connectivity index (χ0v) is 17.7. The highest BCUT2D eigenvalue weighted by Gasteiger charge is 2.27. The lowest BCUT2D eigenvalue weighted by molar-refractivity contribution is -0.137. The second-order valence-corrected chi connectivity index (χ2v) is 7.63. The number of nitrogens with zero attached hydrogens (tertiary/aromatic N) is 4. The molecule has 2 unspecified atom stereocenters. The van der Waals surface area contributed by atoms with Crippen LogP contribution in [-0.4, -0.2) is 31.3 Å². The normalized spacial score (nSPS) is 13.2. The van der Waals surface area contributed by atoms with Crippen molar-refractivity contribution in [2.45, 2.75) is 58.7 Å². The Hall–Kier alpha value is -3.06. The number of unbranched alkanes of at least 4 members (excludes halogenated alkanes) is 1. The molecule has 3 aromatic rings. The molecule has 0 spiro atoms. The van der Waals surface area contributed by atoms with Gasteiger partial charge in [-0.15, -0.1) is 5.10 Å². The Morgan fingerprint density at radius 1 is 1.17 bits per heavy atom. The van der Waals surface area contributed by atoms with Crippen LogP contribution in [0.2, 0.25) is 0 Å². The zero-order valence-electron chi connectivity index (χ0n) is 17.7. The van der Waals surface area contributed by atoms with Gasteiger partial charge in [-0.05, 0) is 47.4 Å². The largest absolute Gasteiger partial charge is 0.481 e. The van der Waals surface area contributed by atoms with E-state index in [1.165, 1.54) is 0 Å². The van der Waals surface area contributed by atoms with E-state index in [0.29, 0.717) is 5.82 Å². The Labute approximate surface area is 177 Å². The molecule has 7 heteroatoms. The van der Waals surface area contributed by atoms with Crippen LogP contribution in [0.3, 0.4) is 0 Å². The van der Waals surface area contributed by atoms with Gasteiger partial charge < -0.3 is 5.11 Å². The molecule has 1 aromatic heterocycles. The van der Waals surface area contributed by atoms with Crippen LogP contribution in [0.25, 0.3) is 0 Å². The molecule has 0 aliphatic carbocycles. The summed E-state index contributed by atoms with van der Waals surface area (Å²) in [4.78, 5) is 11.7. The molecule has 2 atom stereocenters. The van der Waals surface area contributed by atoms with Crippen molar-refractivity contribution in [2.24, 2.45) is 0 Å². The summed E-state index contributed by atoms with van der Waals surface area (Å²) in [7, 11) is 0. The number of aliphatic carboxylic acids is 1. The number of tetrazole rings is 1. The molecule has 0 radical (unpaired) electrons. The van der Waals surface area contributed by atoms with Gasteiger partial charge in [0.05, 0.1) is 12.5 Å². The van der Waals surface area contributed by atoms with E-state index in [1.54, 1.807) is 0 Å². The van der Waals surface area contributed by atoms with E-state index in [-0.39, 0.29) is 18.5 Å². The topological polar surface area (TPSA) is 92.9 Å². The van der Waals surface area contributed by atoms with Gasteiger partial charge >= 0.3 is 5.97 Å². The lowest BCUT2D eigenvalue weighted by Crippen LogP contribution is -2.32. The van der Waals surface area contributed by atoms with Crippen molar-refractivity contribution in [3.63, 3.8) is 0 Å². The quantitative estimate of drug-likeness (QED) is 0.528. The summed E-state index contributed by atoms with van der Waals surface area (Å²) in [5, 5.41) is 25.5. The van der Waals surface area contributed by atoms with Gasteiger partial charge in [-0.1, -0.05) is 67.4 Å². The minimum Gasteiger partial charge on any atom is -0.481 e. The third-order valence-corrected chi connectivity index (χ3v) is 5.23. The average Bonchev–Trinajstić information content (AvgIpc) is 3.18. The van der Waals surface area contributed by atoms with Gasteiger partial charge in [0.2, 0.25) is 0 Å². The molecule has 0 saturated heterocycles. The first-order valence-corrected chi connectivity index (χ1v) is 10.4. The van der Waals surface area contributed by atoms with Crippen molar-refractivity contribution in [1.29, 1.82) is 0 Å². The lowest BCUT2D eigenvalue weighted by Gasteiger charge is -2.26. The van der Waals surface area contributed by atoms with Crippen molar-refractivity contribution >= 4 is 5.97 Å². The van der Waals surface area contributed by atoms with E-state index in [9.17, 15) is 9.90 Å². The second kappa shape index (κ2) is 10.1. The summed E-state index contributed by atoms with van der Waals surface area (Å²) >= 11 is 0. The number of nitrogens with one attached hydrogen (secondary N) is 1. The molecule has 7 nitrogen and oxygen atoms in total. The number of hydrogen-bond acceptors (Lipinski definition) is 5. The molecule has 30 heavy (non-hydrogen) atoms. The van der Waals surface area contributed by atoms with Gasteiger partial charge in [0, 0.05) is 12.6 Å². The number of aryl methyl sites for hydroxylation is 3. The third-order valence-electron chi connectivity index (χ3n) is 5.23. The molecule has 0 saturated carbocycles. The van der Waals surface area contributed by atoms with E-state index in [1.807, 2.05) is 67.1 Å². The molecular formula is C23H29N5O2. The van der Waals surface area contributed by atoms with E-state index < -0.39 is 5.97 Å². The highest BCUT2D eigenvalue weighted by molar-refractivity contribution is 5.68. The summed E-state index contributed by atoms with van der Waals surface area (Å²) in [6.45, 7) is 6.90. The van der Waals surface area contributed by atoms with Crippen LogP contribution in [0.15, 0.2) is 48.5 Å². The first-order valence-electron chi connectivity index (χ1n) is 10.4. The lowest BCUT2D eigenvalue weighted by atomic mass is 9.96. The van der Waals surface area contributed by atoms with Crippen LogP contribution in [0.5, 0.6) is 0 Å². The van der Waals surface area contributed by atoms with Crippen LogP contribution in [0, 0.1) is 13.8 Å². The Bertz CT molecular complexity index is 985. The minimum absolute atomic E-state index is 0.0393. The molecular weight excluding hydrogens is 378 g/mol. The highest BCUT2D eigenvalue weighted by Crippen LogP contribution is 2.29. The SMILES string of the molecule is CCCCn1nnnc1C(NC(CC(=O)O)c1cccc(C)c1)c1ccccc1C. The number of carbonyl (C=O) groups is 1. The maximum Gasteiger partial charge on any atom is 0.305 e. The smallest absolute Gasteiger partial charge is 0.305 e. The van der Waals surface area contributed by atoms with Crippen molar-refractivity contribution in [1.82, 2.24) is 25.5 Å². The van der Waals surface area contributed by atoms with E-state index in [0.717, 1.165) is 41.6 Å². The first kappa shape index (κ1) is 21.6. The summed E-state index contributed by atoms with van der Waals surface area (Å²) in [6, 6.07) is 15.3. The maximum atomic E-state index is 11.7. The predicted molar refractivity (Wildman–Crippen MR) is 115 cm³/mol. The fraction of sp³-hybridized carbons (Fsp3) is 0.391. The van der Waals surface area contributed by atoms with Crippen molar-refractivity contribution < 1.29 is 9.90 Å². The third kappa shape index (κ3) is 5.30. The predicted octanol–water partition coefficient (Wildman–Crippen LogP) is 3.99. The first-order chi connectivity index (χ1) is 14.5. The van der Waals surface area contributed by atoms with Crippen LogP contribution in [0.4, 0.5) is 0 Å². The Kier molecular flexibility index (Phi) is 7.30. The summed E-state index contributed by atoms with van der Waals surface area (Å²) < 4.78 is 1.82. The molecule has 0 bridgehead atoms. The Balaban J connectivity index is 2.04. The van der Waals surface area contributed by atoms with Crippen molar-refractivity contribution in [2.75, 3.05) is 0 Å². The molecule has 0 amide bonds. The molecule has 0 aliphatic rings. The van der Waals surface area contributed by atoms with E-state index in [2.05, 4.69) is 27.8 Å². The number of hydrogen-bond donors (Lipinski definition) is 2. The van der Waals surface area contributed by atoms with Crippen molar-refractivity contribution in [3.05, 3.63) is 76.6 Å². The van der Waals surface area contributed by atoms with Gasteiger partial charge in [-0.3, -0.25) is 10.1 Å². The molecule has 2 N–H and O–H groups in total. The van der Waals surface area contributed by atoms with Gasteiger partial charge in [0.25, 0.3) is 0 Å². The maximum absolute atomic E-state index is 11.7. The number of carboxylic acids is 1. The molecule has 1 heterocycles. The Morgan fingerprint density at radius 2 is 1.97 bits per heavy atom. The summed E-state index contributed by atoms with van der Waals surface area (Å²) in [5.41, 5.74) is 4.15. The molecule has 0 aliphatic heterocycles. The minimum atomic E-state index is -0.858. The van der Waals surface area contributed by atoms with Crippen LogP contribution >= 0.6 is 0 Å². The van der Waals surface area contributed by atoms with E-state index >= 15 is 0 Å². The fourth-order valence-electron chi connectivity index (χ4n) is 3.64. The number of carboxylic acid groups (broad SMARTS) is 1. The number of benzene rings is 2. The van der Waals surface area contributed by atoms with E-state index in [4.69, 9.17) is 0 Å². The van der Waals surface area contributed by atoms with Crippen LogP contribution < -0.4 is 5.32 Å². The van der Waals surface area contributed by atoms with Gasteiger partial charge in [0.1, 0.15) is 0 Å². The zero-order chi connectivity index (χ0) is 21.5. The average molecular weight is 408 g/mol. The monoisotopic (exact) mass is 407 g/mol. The molecule has 3 rings (SSSR count). The molecule has 2 aromatic carbocycles. The van der Waals surface area contributed by atoms with Crippen LogP contribution in [-0.2, 0) is 11.3 Å². The Morgan fingerprint density at radius 3 is 2.67 bits per heavy atom. The molecule has 158 valence electrons. The number of rotatable bonds is 10. The standard InChI is InChI=1S/C23H29N5O2/c1-4-5-13-28-23(25-26-27-28)22(19-12-7-6-10-17(19)3)24-20(15-21(29)30)18-11-8-9-16(2)14-18/h6-12,14,20,22,24H,4-5,13,15H2,1-3H3,(H,29,30). The fourth-order valence-corrected chi connectivity index (χ4v) is 3.64. The second-order valence-electron chi connectivity index (χ2n) is 7.63. The van der Waals surface area contributed by atoms with Crippen LogP contribution in [0.1, 0.15) is 66.3 Å².